The first-order chi connectivity index (χ1) is 7.18. The molecule has 0 rings (SSSR count). The van der Waals surface area contributed by atoms with Crippen LogP contribution in [0.3, 0.4) is 0 Å². The smallest absolute Gasteiger partial charge is 0.304 e. The maximum Gasteiger partial charge on any atom is 0.304 e. The van der Waals surface area contributed by atoms with Gasteiger partial charge in [-0.25, -0.2) is 8.42 Å². The van der Waals surface area contributed by atoms with E-state index < -0.39 is 21.2 Å². The Morgan fingerprint density at radius 3 is 2.38 bits per heavy atom. The molecular formula is C10H17NO4S. The van der Waals surface area contributed by atoms with E-state index in [-0.39, 0.29) is 17.9 Å². The van der Waals surface area contributed by atoms with Crippen molar-refractivity contribution in [1.82, 2.24) is 0 Å². The van der Waals surface area contributed by atoms with Gasteiger partial charge >= 0.3 is 5.97 Å². The number of hydrogen-bond acceptors (Lipinski definition) is 4. The standard InChI is InChI=1S/C10H17NO4S/c1-10(2,8-11)5-3-6-16(14,15)7-4-9(12)13/h3-7H2,1-2H3,(H,12,13). The van der Waals surface area contributed by atoms with Crippen LogP contribution >= 0.6 is 0 Å². The van der Waals surface area contributed by atoms with Crippen LogP contribution in [0.1, 0.15) is 33.1 Å². The third-order valence-corrected chi connectivity index (χ3v) is 3.92. The van der Waals surface area contributed by atoms with Gasteiger partial charge in [0.2, 0.25) is 0 Å². The van der Waals surface area contributed by atoms with Crippen LogP contribution in [0.15, 0.2) is 0 Å². The van der Waals surface area contributed by atoms with Crippen molar-refractivity contribution in [3.05, 3.63) is 0 Å². The molecule has 0 amide bonds. The van der Waals surface area contributed by atoms with E-state index in [1.54, 1.807) is 13.8 Å². The number of rotatable bonds is 7. The Hall–Kier alpha value is -1.09. The molecule has 0 atom stereocenters. The molecule has 92 valence electrons. The minimum Gasteiger partial charge on any atom is -0.481 e. The Labute approximate surface area is 96.0 Å². The van der Waals surface area contributed by atoms with E-state index in [2.05, 4.69) is 6.07 Å². The fourth-order valence-electron chi connectivity index (χ4n) is 1.13. The molecular weight excluding hydrogens is 230 g/mol. The largest absolute Gasteiger partial charge is 0.481 e. The van der Waals surface area contributed by atoms with Crippen molar-refractivity contribution in [1.29, 1.82) is 5.26 Å². The fourth-order valence-corrected chi connectivity index (χ4v) is 2.41. The Balaban J connectivity index is 4.02. The summed E-state index contributed by atoms with van der Waals surface area (Å²) in [6, 6.07) is 2.09. The first kappa shape index (κ1) is 14.9. The van der Waals surface area contributed by atoms with Gasteiger partial charge in [0.05, 0.1) is 29.4 Å². The van der Waals surface area contributed by atoms with E-state index >= 15 is 0 Å². The molecule has 0 aliphatic heterocycles. The zero-order valence-corrected chi connectivity index (χ0v) is 10.4. The minimum atomic E-state index is -3.30. The molecule has 6 heteroatoms. The molecule has 0 aromatic heterocycles. The summed E-state index contributed by atoms with van der Waals surface area (Å²) in [5.41, 5.74) is -0.525. The lowest BCUT2D eigenvalue weighted by atomic mass is 9.90. The van der Waals surface area contributed by atoms with Crippen LogP contribution in [0.25, 0.3) is 0 Å². The molecule has 0 aromatic carbocycles. The molecule has 0 radical (unpaired) electrons. The predicted octanol–water partition coefficient (Wildman–Crippen LogP) is 1.21. The lowest BCUT2D eigenvalue weighted by Crippen LogP contribution is -2.16. The van der Waals surface area contributed by atoms with Crippen LogP contribution in [0, 0.1) is 16.7 Å². The van der Waals surface area contributed by atoms with Gasteiger partial charge in [-0.2, -0.15) is 5.26 Å². The van der Waals surface area contributed by atoms with Gasteiger partial charge in [0.25, 0.3) is 0 Å². The Morgan fingerprint density at radius 2 is 1.94 bits per heavy atom. The summed E-state index contributed by atoms with van der Waals surface area (Å²) in [7, 11) is -3.30. The van der Waals surface area contributed by atoms with E-state index in [0.717, 1.165) is 0 Å². The zero-order chi connectivity index (χ0) is 12.8. The molecule has 0 aliphatic rings. The highest BCUT2D eigenvalue weighted by Crippen LogP contribution is 2.21. The molecule has 0 spiro atoms. The Kier molecular flexibility index (Phi) is 5.45. The van der Waals surface area contributed by atoms with E-state index in [1.807, 2.05) is 0 Å². The molecule has 0 saturated heterocycles. The second-order valence-electron chi connectivity index (χ2n) is 4.39. The molecule has 0 unspecified atom stereocenters. The van der Waals surface area contributed by atoms with Crippen LogP contribution < -0.4 is 0 Å². The molecule has 5 nitrogen and oxygen atoms in total. The second kappa shape index (κ2) is 5.85. The van der Waals surface area contributed by atoms with Crippen molar-refractivity contribution < 1.29 is 18.3 Å². The van der Waals surface area contributed by atoms with Gasteiger partial charge in [-0.15, -0.1) is 0 Å². The molecule has 16 heavy (non-hydrogen) atoms. The fraction of sp³-hybridized carbons (Fsp3) is 0.800. The van der Waals surface area contributed by atoms with Gasteiger partial charge in [-0.3, -0.25) is 4.79 Å². The molecule has 0 heterocycles. The molecule has 0 saturated carbocycles. The predicted molar refractivity (Wildman–Crippen MR) is 59.5 cm³/mol. The number of aliphatic carboxylic acids is 1. The van der Waals surface area contributed by atoms with Gasteiger partial charge in [-0.1, -0.05) is 0 Å². The third kappa shape index (κ3) is 7.23. The van der Waals surface area contributed by atoms with E-state index in [0.29, 0.717) is 12.8 Å². The third-order valence-electron chi connectivity index (χ3n) is 2.19. The van der Waals surface area contributed by atoms with Crippen molar-refractivity contribution in [2.75, 3.05) is 11.5 Å². The Morgan fingerprint density at radius 1 is 1.38 bits per heavy atom. The average molecular weight is 247 g/mol. The highest BCUT2D eigenvalue weighted by atomic mass is 32.2. The second-order valence-corrected chi connectivity index (χ2v) is 6.70. The number of carboxylic acids is 1. The lowest BCUT2D eigenvalue weighted by molar-refractivity contribution is -0.136. The summed E-state index contributed by atoms with van der Waals surface area (Å²) >= 11 is 0. The van der Waals surface area contributed by atoms with Crippen molar-refractivity contribution in [3.8, 4) is 6.07 Å². The van der Waals surface area contributed by atoms with Crippen molar-refractivity contribution in [2.45, 2.75) is 33.1 Å². The van der Waals surface area contributed by atoms with Crippen LogP contribution in [-0.4, -0.2) is 31.0 Å². The average Bonchev–Trinajstić information content (AvgIpc) is 2.14. The summed E-state index contributed by atoms with van der Waals surface area (Å²) in [6.07, 6.45) is 0.530. The first-order valence-corrected chi connectivity index (χ1v) is 6.84. The quantitative estimate of drug-likeness (QED) is 0.729. The van der Waals surface area contributed by atoms with Crippen molar-refractivity contribution in [2.24, 2.45) is 5.41 Å². The van der Waals surface area contributed by atoms with E-state index in [1.165, 1.54) is 0 Å². The summed E-state index contributed by atoms with van der Waals surface area (Å²) in [5, 5.41) is 17.1. The molecule has 0 fully saturated rings. The normalized spacial score (nSPS) is 12.1. The van der Waals surface area contributed by atoms with Crippen LogP contribution in [0.5, 0.6) is 0 Å². The number of hydrogen-bond donors (Lipinski definition) is 1. The van der Waals surface area contributed by atoms with Crippen molar-refractivity contribution >= 4 is 15.8 Å². The minimum absolute atomic E-state index is 0.0502. The zero-order valence-electron chi connectivity index (χ0n) is 9.56. The maximum atomic E-state index is 11.4. The number of sulfone groups is 1. The number of nitriles is 1. The first-order valence-electron chi connectivity index (χ1n) is 5.02. The molecule has 1 N–H and O–H groups in total. The van der Waals surface area contributed by atoms with Crippen LogP contribution in [0.4, 0.5) is 0 Å². The maximum absolute atomic E-state index is 11.4. The number of carboxylic acid groups (broad SMARTS) is 1. The van der Waals surface area contributed by atoms with Crippen LogP contribution in [-0.2, 0) is 14.6 Å². The van der Waals surface area contributed by atoms with Gasteiger partial charge in [0, 0.05) is 0 Å². The highest BCUT2D eigenvalue weighted by molar-refractivity contribution is 7.91. The van der Waals surface area contributed by atoms with Crippen molar-refractivity contribution in [3.63, 3.8) is 0 Å². The molecule has 0 aromatic rings. The van der Waals surface area contributed by atoms with Gasteiger partial charge < -0.3 is 5.11 Å². The summed E-state index contributed by atoms with van der Waals surface area (Å²) < 4.78 is 22.7. The lowest BCUT2D eigenvalue weighted by Gasteiger charge is -2.14. The topological polar surface area (TPSA) is 95.2 Å². The van der Waals surface area contributed by atoms with Gasteiger partial charge in [0.15, 0.2) is 9.84 Å². The summed E-state index contributed by atoms with van der Waals surface area (Å²) in [4.78, 5) is 10.2. The SMILES string of the molecule is CC(C)(C#N)CCCS(=O)(=O)CCC(=O)O. The van der Waals surface area contributed by atoms with Gasteiger partial charge in [0.1, 0.15) is 0 Å². The number of carbonyl (C=O) groups is 1. The highest BCUT2D eigenvalue weighted by Gasteiger charge is 2.19. The van der Waals surface area contributed by atoms with E-state index in [9.17, 15) is 13.2 Å². The summed E-state index contributed by atoms with van der Waals surface area (Å²) in [5.74, 6) is -1.48. The van der Waals surface area contributed by atoms with Crippen LogP contribution in [0.2, 0.25) is 0 Å². The molecule has 0 aliphatic carbocycles. The molecule has 0 bridgehead atoms. The monoisotopic (exact) mass is 247 g/mol. The Bertz CT molecular complexity index is 378. The van der Waals surface area contributed by atoms with E-state index in [4.69, 9.17) is 10.4 Å². The van der Waals surface area contributed by atoms with Gasteiger partial charge in [-0.05, 0) is 26.7 Å². The number of nitrogens with zero attached hydrogens (tertiary/aromatic N) is 1. The summed E-state index contributed by atoms with van der Waals surface area (Å²) in [6.45, 7) is 3.49.